The molecular formula is C65H61IrN3SSi-2. The number of nitrogens with zero attached hydrogens (tertiary/aromatic N) is 3. The summed E-state index contributed by atoms with van der Waals surface area (Å²) in [6.07, 6.45) is 3.24. The minimum absolute atomic E-state index is 0. The van der Waals surface area contributed by atoms with Gasteiger partial charge in [-0.05, 0) is 120 Å². The summed E-state index contributed by atoms with van der Waals surface area (Å²) >= 11 is 1.67. The number of hydrogen-bond acceptors (Lipinski definition) is 3. The van der Waals surface area contributed by atoms with Gasteiger partial charge in [0.1, 0.15) is 0 Å². The van der Waals surface area contributed by atoms with Gasteiger partial charge in [0, 0.05) is 32.0 Å². The summed E-state index contributed by atoms with van der Waals surface area (Å²) in [5.74, 6) is 2.22. The number of rotatable bonds is 10. The van der Waals surface area contributed by atoms with Crippen LogP contribution in [0, 0.1) is 17.4 Å². The molecule has 3 aromatic heterocycles. The summed E-state index contributed by atoms with van der Waals surface area (Å²) in [6, 6.07) is 64.5. The van der Waals surface area contributed by atoms with Gasteiger partial charge in [0.2, 0.25) is 0 Å². The first-order valence-corrected chi connectivity index (χ1v) is 29.2. The van der Waals surface area contributed by atoms with E-state index in [-0.39, 0.29) is 20.1 Å². The van der Waals surface area contributed by atoms with Crippen LogP contribution >= 0.6 is 11.3 Å². The zero-order valence-corrected chi connectivity index (χ0v) is 46.5. The molecule has 11 aromatic rings. The molecule has 1 radical (unpaired) electrons. The quantitative estimate of drug-likeness (QED) is 0.0776. The van der Waals surface area contributed by atoms with Crippen LogP contribution in [-0.4, -0.2) is 22.6 Å². The number of aromatic nitrogens is 3. The van der Waals surface area contributed by atoms with Gasteiger partial charge in [-0.1, -0.05) is 198 Å². The summed E-state index contributed by atoms with van der Waals surface area (Å²) in [5, 5.41) is 11.5. The van der Waals surface area contributed by atoms with Crippen molar-refractivity contribution in [3.05, 3.63) is 204 Å². The second-order valence-corrected chi connectivity index (χ2v) is 26.7. The third-order valence-electron chi connectivity index (χ3n) is 13.5. The van der Waals surface area contributed by atoms with Crippen LogP contribution in [-0.2, 0) is 26.5 Å². The Balaban J connectivity index is 0.000000251. The van der Waals surface area contributed by atoms with E-state index in [9.17, 15) is 0 Å². The average molecular weight is 1140 g/mol. The maximum atomic E-state index is 5.38. The largest absolute Gasteiger partial charge is 0.333 e. The van der Waals surface area contributed by atoms with Crippen LogP contribution in [0.2, 0.25) is 19.6 Å². The molecule has 71 heavy (non-hydrogen) atoms. The van der Waals surface area contributed by atoms with Crippen molar-refractivity contribution in [2.45, 2.75) is 79.4 Å². The number of benzene rings is 8. The number of pyridine rings is 1. The van der Waals surface area contributed by atoms with E-state index in [1.165, 1.54) is 81.4 Å². The second-order valence-electron chi connectivity index (χ2n) is 20.8. The molecule has 0 unspecified atom stereocenters. The van der Waals surface area contributed by atoms with E-state index in [0.29, 0.717) is 17.8 Å². The molecule has 357 valence electrons. The van der Waals surface area contributed by atoms with Gasteiger partial charge in [-0.25, -0.2) is 0 Å². The first-order chi connectivity index (χ1) is 33.8. The van der Waals surface area contributed by atoms with Gasteiger partial charge in [0.05, 0.1) is 24.9 Å². The van der Waals surface area contributed by atoms with Gasteiger partial charge < -0.3 is 9.55 Å². The van der Waals surface area contributed by atoms with Gasteiger partial charge in [-0.2, -0.15) is 0 Å². The Morgan fingerprint density at radius 3 is 1.92 bits per heavy atom. The Kier molecular flexibility index (Phi) is 14.6. The van der Waals surface area contributed by atoms with Gasteiger partial charge in [0.15, 0.2) is 0 Å². The van der Waals surface area contributed by atoms with Crippen LogP contribution < -0.4 is 5.19 Å². The van der Waals surface area contributed by atoms with E-state index < -0.39 is 8.07 Å². The fourth-order valence-corrected chi connectivity index (χ4v) is 12.4. The van der Waals surface area contributed by atoms with Crippen molar-refractivity contribution in [1.29, 1.82) is 0 Å². The standard InChI is InChI=1S/C47H37N2S.C18H24NSi.Ir/c1-29(2)38-26-36(31-12-6-5-7-13-31)27-39(30(3)4)46(38)49-44-17-11-10-16-43(44)48-47(49)42-28-50-45-23-22-35(25-41(42)45)34-21-20-33-19-18-32-14-8-9-15-37(32)40(33)24-34;1-14(2)11-16-12-17(15-9-7-6-8-10-15)19-13-18(16)20(3,4)5;/h5-27,29-30H,1-4H3;6-9,12-14H,11H2,1-5H3;/q2*-1;. The molecule has 0 spiro atoms. The normalized spacial score (nSPS) is 11.8. The van der Waals surface area contributed by atoms with E-state index in [4.69, 9.17) is 4.98 Å². The van der Waals surface area contributed by atoms with Crippen LogP contribution in [0.15, 0.2) is 176 Å². The Morgan fingerprint density at radius 1 is 0.592 bits per heavy atom. The summed E-state index contributed by atoms with van der Waals surface area (Å²) < 4.78 is 3.64. The second kappa shape index (κ2) is 20.8. The van der Waals surface area contributed by atoms with Crippen LogP contribution in [0.1, 0.15) is 70.1 Å². The van der Waals surface area contributed by atoms with E-state index in [1.807, 2.05) is 18.2 Å². The predicted octanol–water partition coefficient (Wildman–Crippen LogP) is 17.9. The number of imidazole rings is 1. The van der Waals surface area contributed by atoms with Crippen molar-refractivity contribution in [3.63, 3.8) is 0 Å². The van der Waals surface area contributed by atoms with Gasteiger partial charge >= 0.3 is 0 Å². The number of fused-ring (bicyclic) bond motifs is 5. The fourth-order valence-electron chi connectivity index (χ4n) is 10.0. The SMILES string of the molecule is CC(C)Cc1cc(-c2[c-]cccc2)ncc1[Si](C)(C)C.CC(C)c1cc(-c2ccccc2)cc(C(C)C)c1-n1c(-c2[c-]sc3ccc(-c4ccc5ccc6ccccc6c5c4)cc23)nc2ccccc21.[Ir]. The Labute approximate surface area is 439 Å². The summed E-state index contributed by atoms with van der Waals surface area (Å²) in [7, 11) is -1.34. The number of hydrogen-bond donors (Lipinski definition) is 0. The molecule has 0 saturated heterocycles. The Morgan fingerprint density at radius 2 is 1.23 bits per heavy atom. The summed E-state index contributed by atoms with van der Waals surface area (Å²) in [6.45, 7) is 21.0. The third kappa shape index (κ3) is 10.1. The van der Waals surface area contributed by atoms with Crippen LogP contribution in [0.3, 0.4) is 0 Å². The molecular weight excluding hydrogens is 1080 g/mol. The Bertz CT molecular complexity index is 3630. The Hall–Kier alpha value is -6.27. The van der Waals surface area contributed by atoms with E-state index in [0.717, 1.165) is 40.1 Å². The maximum absolute atomic E-state index is 5.38. The molecule has 6 heteroatoms. The maximum Gasteiger partial charge on any atom is 0.0798 e. The number of para-hydroxylation sites is 2. The van der Waals surface area contributed by atoms with Crippen molar-refractivity contribution < 1.29 is 20.1 Å². The number of thiophene rings is 1. The van der Waals surface area contributed by atoms with Crippen molar-refractivity contribution >= 4 is 67.3 Å². The molecule has 11 rings (SSSR count). The van der Waals surface area contributed by atoms with Gasteiger partial charge in [0.25, 0.3) is 0 Å². The minimum Gasteiger partial charge on any atom is -0.333 e. The smallest absolute Gasteiger partial charge is 0.0798 e. The van der Waals surface area contributed by atoms with Crippen LogP contribution in [0.5, 0.6) is 0 Å². The molecule has 3 heterocycles. The molecule has 0 saturated carbocycles. The average Bonchev–Trinajstić information content (AvgIpc) is 3.97. The van der Waals surface area contributed by atoms with Crippen LogP contribution in [0.4, 0.5) is 0 Å². The molecule has 3 nitrogen and oxygen atoms in total. The molecule has 0 amide bonds. The first kappa shape index (κ1) is 49.7. The van der Waals surface area contributed by atoms with Gasteiger partial charge in [-0.15, -0.1) is 41.3 Å². The summed E-state index contributed by atoms with van der Waals surface area (Å²) in [5.41, 5.74) is 15.5. The molecule has 8 aromatic carbocycles. The molecule has 0 aliphatic rings. The predicted molar refractivity (Wildman–Crippen MR) is 305 cm³/mol. The zero-order valence-electron chi connectivity index (χ0n) is 42.3. The van der Waals surface area contributed by atoms with Crippen molar-refractivity contribution in [3.8, 4) is 50.6 Å². The molecule has 0 atom stereocenters. The van der Waals surface area contributed by atoms with Crippen LogP contribution in [0.25, 0.3) is 93.3 Å². The molecule has 0 aliphatic carbocycles. The van der Waals surface area contributed by atoms with Crippen molar-refractivity contribution in [2.75, 3.05) is 0 Å². The van der Waals surface area contributed by atoms with Crippen molar-refractivity contribution in [1.82, 2.24) is 14.5 Å². The third-order valence-corrected chi connectivity index (χ3v) is 16.5. The van der Waals surface area contributed by atoms with Crippen molar-refractivity contribution in [2.24, 2.45) is 5.92 Å². The van der Waals surface area contributed by atoms with E-state index >= 15 is 0 Å². The molecule has 0 bridgehead atoms. The monoisotopic (exact) mass is 1140 g/mol. The fraction of sp³-hybridized carbons (Fsp3) is 0.200. The molecule has 0 fully saturated rings. The molecule has 0 aliphatic heterocycles. The summed E-state index contributed by atoms with van der Waals surface area (Å²) in [4.78, 5) is 10.1. The van der Waals surface area contributed by atoms with E-state index in [1.54, 1.807) is 11.3 Å². The van der Waals surface area contributed by atoms with Gasteiger partial charge in [-0.3, -0.25) is 16.3 Å². The topological polar surface area (TPSA) is 30.7 Å². The zero-order chi connectivity index (χ0) is 48.7. The minimum atomic E-state index is -1.34. The van der Waals surface area contributed by atoms with E-state index in [2.05, 4.69) is 240 Å². The first-order valence-electron chi connectivity index (χ1n) is 24.9. The molecule has 0 N–H and O–H groups in total.